The van der Waals surface area contributed by atoms with Crippen molar-refractivity contribution in [2.75, 3.05) is 24.5 Å². The summed E-state index contributed by atoms with van der Waals surface area (Å²) in [5, 5.41) is 17.3. The van der Waals surface area contributed by atoms with E-state index in [0.29, 0.717) is 47.2 Å². The number of carboxylic acid groups (broad SMARTS) is 1. The molecule has 2 aromatic heterocycles. The number of aromatic carboxylic acids is 1. The van der Waals surface area contributed by atoms with Crippen molar-refractivity contribution >= 4 is 50.2 Å². The normalized spacial score (nSPS) is 18.6. The van der Waals surface area contributed by atoms with Gasteiger partial charge in [-0.15, -0.1) is 0 Å². The summed E-state index contributed by atoms with van der Waals surface area (Å²) in [5.41, 5.74) is 1.69. The van der Waals surface area contributed by atoms with Gasteiger partial charge < -0.3 is 25.6 Å². The van der Waals surface area contributed by atoms with Gasteiger partial charge in [-0.05, 0) is 37.4 Å². The van der Waals surface area contributed by atoms with E-state index in [0.717, 1.165) is 17.4 Å². The van der Waals surface area contributed by atoms with Gasteiger partial charge in [0.2, 0.25) is 0 Å². The van der Waals surface area contributed by atoms with E-state index in [1.54, 1.807) is 12.1 Å². The van der Waals surface area contributed by atoms with Crippen molar-refractivity contribution in [2.45, 2.75) is 45.7 Å². The number of nitrogens with one attached hydrogen (secondary N) is 3. The van der Waals surface area contributed by atoms with E-state index in [1.165, 1.54) is 11.3 Å². The minimum atomic E-state index is -0.956. The Hall–Kier alpha value is -2.69. The van der Waals surface area contributed by atoms with Crippen LogP contribution in [-0.2, 0) is 6.42 Å². The van der Waals surface area contributed by atoms with Crippen LogP contribution in [0.25, 0.3) is 10.2 Å². The lowest BCUT2D eigenvalue weighted by Gasteiger charge is -2.39. The molecule has 3 aromatic rings. The largest absolute Gasteiger partial charge is 0.478 e. The zero-order valence-electron chi connectivity index (χ0n) is 19.4. The predicted molar refractivity (Wildman–Crippen MR) is 134 cm³/mol. The molecule has 0 bridgehead atoms. The molecular formula is C23H29ClN6O3S. The van der Waals surface area contributed by atoms with Gasteiger partial charge in [0.05, 0.1) is 21.5 Å². The maximum Gasteiger partial charge on any atom is 0.337 e. The first kappa shape index (κ1) is 24.4. The second-order valence-electron chi connectivity index (χ2n) is 8.89. The molecule has 0 aliphatic carbocycles. The van der Waals surface area contributed by atoms with E-state index in [9.17, 15) is 14.7 Å². The van der Waals surface area contributed by atoms with Gasteiger partial charge in [-0.3, -0.25) is 4.79 Å². The van der Waals surface area contributed by atoms with Crippen molar-refractivity contribution in [2.24, 2.45) is 5.92 Å². The Kier molecular flexibility index (Phi) is 7.39. The predicted octanol–water partition coefficient (Wildman–Crippen LogP) is 3.56. The zero-order chi connectivity index (χ0) is 24.4. The van der Waals surface area contributed by atoms with Gasteiger partial charge in [0.15, 0.2) is 16.1 Å². The average Bonchev–Trinajstić information content (AvgIpc) is 3.41. The lowest BCUT2D eigenvalue weighted by Crippen LogP contribution is -2.60. The quantitative estimate of drug-likeness (QED) is 0.370. The maximum absolute atomic E-state index is 12.9. The Labute approximate surface area is 206 Å². The lowest BCUT2D eigenvalue weighted by molar-refractivity contribution is 0.0699. The molecule has 0 radical (unpaired) electrons. The van der Waals surface area contributed by atoms with Gasteiger partial charge in [-0.25, -0.2) is 14.8 Å². The lowest BCUT2D eigenvalue weighted by atomic mass is 9.98. The maximum atomic E-state index is 12.9. The number of anilines is 1. The number of carbonyl (C=O) groups excluding carboxylic acids is 1. The van der Waals surface area contributed by atoms with Gasteiger partial charge in [-0.1, -0.05) is 49.8 Å². The third-order valence-corrected chi connectivity index (χ3v) is 7.40. The van der Waals surface area contributed by atoms with Gasteiger partial charge in [0, 0.05) is 25.2 Å². The summed E-state index contributed by atoms with van der Waals surface area (Å²) < 4.78 is 0.675. The number of carboxylic acids is 1. The topological polar surface area (TPSA) is 123 Å². The van der Waals surface area contributed by atoms with Crippen LogP contribution in [0.2, 0.25) is 5.15 Å². The van der Waals surface area contributed by atoms with E-state index in [-0.39, 0.29) is 29.4 Å². The molecule has 3 heterocycles. The molecule has 4 rings (SSSR count). The fourth-order valence-electron chi connectivity index (χ4n) is 4.10. The number of nitrogens with zero attached hydrogens (tertiary/aromatic N) is 3. The van der Waals surface area contributed by atoms with Crippen molar-refractivity contribution in [3.8, 4) is 0 Å². The summed E-state index contributed by atoms with van der Waals surface area (Å²) >= 11 is 7.51. The number of aryl methyl sites for hydroxylation is 1. The number of aromatic amines is 1. The Morgan fingerprint density at radius 3 is 2.79 bits per heavy atom. The summed E-state index contributed by atoms with van der Waals surface area (Å²) in [4.78, 5) is 38.5. The van der Waals surface area contributed by atoms with Crippen molar-refractivity contribution in [3.63, 3.8) is 0 Å². The molecule has 1 amide bonds. The number of rotatable bonds is 8. The standard InChI is InChI=1S/C23H29ClN6O3S/c1-4-14-19(24)29-20(26-14)21(31)27-15-8-9-30(11-17(15)25-10-12(2)3)23-28-16-7-5-6-13(22(32)33)18(16)34-23/h5-7,12,15,17,25H,4,8-11H2,1-3H3,(H,26,29)(H,27,31)(H,32,33)/t15-,17+/m0/s1. The number of aromatic nitrogens is 3. The number of H-pyrrole nitrogens is 1. The molecule has 4 N–H and O–H groups in total. The minimum Gasteiger partial charge on any atom is -0.478 e. The fourth-order valence-corrected chi connectivity index (χ4v) is 5.47. The molecule has 1 aliphatic heterocycles. The highest BCUT2D eigenvalue weighted by Gasteiger charge is 2.32. The number of amides is 1. The molecule has 182 valence electrons. The van der Waals surface area contributed by atoms with Crippen LogP contribution in [0.3, 0.4) is 0 Å². The van der Waals surface area contributed by atoms with Crippen molar-refractivity contribution in [1.82, 2.24) is 25.6 Å². The number of hydrogen-bond donors (Lipinski definition) is 4. The second kappa shape index (κ2) is 10.3. The number of thiazole rings is 1. The van der Waals surface area contributed by atoms with Crippen LogP contribution >= 0.6 is 22.9 Å². The Morgan fingerprint density at radius 2 is 2.12 bits per heavy atom. The average molecular weight is 505 g/mol. The number of carbonyl (C=O) groups is 2. The summed E-state index contributed by atoms with van der Waals surface area (Å²) in [5.74, 6) is -0.562. The highest BCUT2D eigenvalue weighted by atomic mass is 35.5. The van der Waals surface area contributed by atoms with Crippen molar-refractivity contribution in [3.05, 3.63) is 40.4 Å². The number of halogens is 1. The molecule has 1 aromatic carbocycles. The van der Waals surface area contributed by atoms with Crippen LogP contribution < -0.4 is 15.5 Å². The molecular weight excluding hydrogens is 476 g/mol. The molecule has 11 heteroatoms. The molecule has 9 nitrogen and oxygen atoms in total. The van der Waals surface area contributed by atoms with Gasteiger partial charge >= 0.3 is 5.97 Å². The van der Waals surface area contributed by atoms with E-state index < -0.39 is 5.97 Å². The number of imidazole rings is 1. The van der Waals surface area contributed by atoms with Crippen molar-refractivity contribution in [1.29, 1.82) is 0 Å². The second-order valence-corrected chi connectivity index (χ2v) is 10.2. The number of benzene rings is 1. The first-order chi connectivity index (χ1) is 16.3. The van der Waals surface area contributed by atoms with Crippen LogP contribution in [-0.4, -0.2) is 63.7 Å². The zero-order valence-corrected chi connectivity index (χ0v) is 21.0. The van der Waals surface area contributed by atoms with Crippen LogP contribution in [0.15, 0.2) is 18.2 Å². The third-order valence-electron chi connectivity index (χ3n) is 5.92. The van der Waals surface area contributed by atoms with Crippen LogP contribution in [0.1, 0.15) is 53.9 Å². The molecule has 34 heavy (non-hydrogen) atoms. The van der Waals surface area contributed by atoms with Crippen molar-refractivity contribution < 1.29 is 14.7 Å². The molecule has 1 aliphatic rings. The SMILES string of the molecule is CCc1[nH]c(C(=O)N[C@H]2CCN(c3nc4cccc(C(=O)O)c4s3)C[C@H]2NCC(C)C)nc1Cl. The van der Waals surface area contributed by atoms with Crippen LogP contribution in [0.4, 0.5) is 5.13 Å². The van der Waals surface area contributed by atoms with E-state index in [4.69, 9.17) is 16.6 Å². The minimum absolute atomic E-state index is 0.0119. The van der Waals surface area contributed by atoms with Gasteiger partial charge in [0.1, 0.15) is 0 Å². The molecule has 1 saturated heterocycles. The van der Waals surface area contributed by atoms with Crippen LogP contribution in [0.5, 0.6) is 0 Å². The molecule has 1 fully saturated rings. The summed E-state index contributed by atoms with van der Waals surface area (Å²) in [6, 6.07) is 5.05. The van der Waals surface area contributed by atoms with Gasteiger partial charge in [0.25, 0.3) is 5.91 Å². The Bertz CT molecular complexity index is 1190. The molecule has 0 saturated carbocycles. The first-order valence-corrected chi connectivity index (χ1v) is 12.6. The summed E-state index contributed by atoms with van der Waals surface area (Å²) in [6.45, 7) is 8.36. The molecule has 0 spiro atoms. The highest BCUT2D eigenvalue weighted by Crippen LogP contribution is 2.33. The van der Waals surface area contributed by atoms with Gasteiger partial charge in [-0.2, -0.15) is 0 Å². The van der Waals surface area contributed by atoms with E-state index >= 15 is 0 Å². The number of hydrogen-bond acceptors (Lipinski definition) is 7. The first-order valence-electron chi connectivity index (χ1n) is 11.4. The Balaban J connectivity index is 1.52. The smallest absolute Gasteiger partial charge is 0.337 e. The molecule has 2 atom stereocenters. The summed E-state index contributed by atoms with van der Waals surface area (Å²) in [6.07, 6.45) is 1.38. The van der Waals surface area contributed by atoms with E-state index in [1.807, 2.05) is 13.0 Å². The third kappa shape index (κ3) is 5.18. The number of fused-ring (bicyclic) bond motifs is 1. The van der Waals surface area contributed by atoms with Crippen LogP contribution in [0, 0.1) is 5.92 Å². The molecule has 0 unspecified atom stereocenters. The fraction of sp³-hybridized carbons (Fsp3) is 0.478. The highest BCUT2D eigenvalue weighted by molar-refractivity contribution is 7.22. The monoisotopic (exact) mass is 504 g/mol. The Morgan fingerprint density at radius 1 is 1.32 bits per heavy atom. The summed E-state index contributed by atoms with van der Waals surface area (Å²) in [7, 11) is 0. The number of piperidine rings is 1. The van der Waals surface area contributed by atoms with E-state index in [2.05, 4.69) is 39.3 Å².